The number of hydrogen-bond donors (Lipinski definition) is 2. The molecule has 0 saturated carbocycles. The number of carboxylic acid groups (broad SMARTS) is 1. The quantitative estimate of drug-likeness (QED) is 0.725. The summed E-state index contributed by atoms with van der Waals surface area (Å²) in [5, 5.41) is 11.2. The van der Waals surface area contributed by atoms with Gasteiger partial charge in [0, 0.05) is 18.2 Å². The van der Waals surface area contributed by atoms with E-state index in [2.05, 4.69) is 11.9 Å². The minimum Gasteiger partial charge on any atom is -0.482 e. The lowest BCUT2D eigenvalue weighted by atomic mass is 10.2. The van der Waals surface area contributed by atoms with Crippen molar-refractivity contribution in [2.75, 3.05) is 11.9 Å². The number of carboxylic acids is 1. The molecule has 5 nitrogen and oxygen atoms in total. The minimum absolute atomic E-state index is 0.120. The molecule has 0 unspecified atom stereocenters. The van der Waals surface area contributed by atoms with Gasteiger partial charge in [-0.1, -0.05) is 12.1 Å². The smallest absolute Gasteiger partial charge is 0.341 e. The maximum Gasteiger partial charge on any atom is 0.341 e. The van der Waals surface area contributed by atoms with Gasteiger partial charge >= 0.3 is 5.97 Å². The summed E-state index contributed by atoms with van der Waals surface area (Å²) >= 11 is 0. The molecule has 96 valence electrons. The standard InChI is InChI=1S/C13H15NO4/c1-2-3-7-12(15)14-10-5-4-6-11(8-10)18-9-13(16)17/h2,4-6,8H,1,3,7,9H2,(H,14,15)(H,16,17). The first-order valence-corrected chi connectivity index (χ1v) is 5.47. The highest BCUT2D eigenvalue weighted by Gasteiger charge is 2.03. The van der Waals surface area contributed by atoms with E-state index in [1.54, 1.807) is 30.3 Å². The zero-order valence-corrected chi connectivity index (χ0v) is 9.89. The summed E-state index contributed by atoms with van der Waals surface area (Å²) in [6, 6.07) is 6.59. The second kappa shape index (κ2) is 7.11. The lowest BCUT2D eigenvalue weighted by molar-refractivity contribution is -0.139. The van der Waals surface area contributed by atoms with Crippen molar-refractivity contribution in [3.8, 4) is 5.75 Å². The van der Waals surface area contributed by atoms with Crippen molar-refractivity contribution >= 4 is 17.6 Å². The van der Waals surface area contributed by atoms with Crippen molar-refractivity contribution in [2.24, 2.45) is 0 Å². The molecule has 5 heteroatoms. The lowest BCUT2D eigenvalue weighted by Crippen LogP contribution is -2.12. The van der Waals surface area contributed by atoms with Crippen LogP contribution in [0.1, 0.15) is 12.8 Å². The highest BCUT2D eigenvalue weighted by molar-refractivity contribution is 5.90. The van der Waals surface area contributed by atoms with Gasteiger partial charge in [-0.3, -0.25) is 4.79 Å². The van der Waals surface area contributed by atoms with Gasteiger partial charge in [0.1, 0.15) is 5.75 Å². The fourth-order valence-electron chi connectivity index (χ4n) is 1.27. The van der Waals surface area contributed by atoms with E-state index in [-0.39, 0.29) is 5.91 Å². The molecule has 0 bridgehead atoms. The van der Waals surface area contributed by atoms with Gasteiger partial charge in [-0.25, -0.2) is 4.79 Å². The molecule has 0 aliphatic carbocycles. The van der Waals surface area contributed by atoms with E-state index < -0.39 is 12.6 Å². The predicted molar refractivity (Wildman–Crippen MR) is 67.6 cm³/mol. The molecule has 0 fully saturated rings. The monoisotopic (exact) mass is 249 g/mol. The Hall–Kier alpha value is -2.30. The normalized spacial score (nSPS) is 9.56. The van der Waals surface area contributed by atoms with Gasteiger partial charge in [0.25, 0.3) is 0 Å². The van der Waals surface area contributed by atoms with Crippen molar-refractivity contribution < 1.29 is 19.4 Å². The second-order valence-electron chi connectivity index (χ2n) is 3.59. The van der Waals surface area contributed by atoms with Crippen LogP contribution in [-0.4, -0.2) is 23.6 Å². The number of carbonyl (C=O) groups is 2. The van der Waals surface area contributed by atoms with Gasteiger partial charge in [-0.05, 0) is 18.6 Å². The zero-order chi connectivity index (χ0) is 13.4. The molecule has 18 heavy (non-hydrogen) atoms. The van der Waals surface area contributed by atoms with E-state index >= 15 is 0 Å². The Morgan fingerprint density at radius 3 is 2.89 bits per heavy atom. The number of carbonyl (C=O) groups excluding carboxylic acids is 1. The van der Waals surface area contributed by atoms with Gasteiger partial charge < -0.3 is 15.2 Å². The van der Waals surface area contributed by atoms with Crippen molar-refractivity contribution in [3.05, 3.63) is 36.9 Å². The third-order valence-corrected chi connectivity index (χ3v) is 2.06. The average Bonchev–Trinajstić information content (AvgIpc) is 2.34. The number of rotatable bonds is 7. The molecule has 0 saturated heterocycles. The highest BCUT2D eigenvalue weighted by Crippen LogP contribution is 2.17. The summed E-state index contributed by atoms with van der Waals surface area (Å²) in [7, 11) is 0. The average molecular weight is 249 g/mol. The van der Waals surface area contributed by atoms with Gasteiger partial charge in [-0.15, -0.1) is 6.58 Å². The van der Waals surface area contributed by atoms with Crippen LogP contribution in [-0.2, 0) is 9.59 Å². The molecular formula is C13H15NO4. The van der Waals surface area contributed by atoms with Crippen LogP contribution in [0.15, 0.2) is 36.9 Å². The SMILES string of the molecule is C=CCCC(=O)Nc1cccc(OCC(=O)O)c1. The van der Waals surface area contributed by atoms with Gasteiger partial charge in [0.05, 0.1) is 0 Å². The first kappa shape index (κ1) is 13.8. The fourth-order valence-corrected chi connectivity index (χ4v) is 1.27. The summed E-state index contributed by atoms with van der Waals surface area (Å²) in [5.41, 5.74) is 0.576. The van der Waals surface area contributed by atoms with Crippen LogP contribution in [0, 0.1) is 0 Å². The number of allylic oxidation sites excluding steroid dienone is 1. The third kappa shape index (κ3) is 5.16. The molecule has 1 amide bonds. The summed E-state index contributed by atoms with van der Waals surface area (Å²) in [6.07, 6.45) is 2.65. The van der Waals surface area contributed by atoms with Crippen LogP contribution in [0.4, 0.5) is 5.69 Å². The van der Waals surface area contributed by atoms with Crippen molar-refractivity contribution in [1.29, 1.82) is 0 Å². The Balaban J connectivity index is 2.55. The Labute approximate surface area is 105 Å². The number of amides is 1. The molecule has 0 spiro atoms. The van der Waals surface area contributed by atoms with Crippen LogP contribution in [0.25, 0.3) is 0 Å². The Morgan fingerprint density at radius 1 is 1.44 bits per heavy atom. The van der Waals surface area contributed by atoms with E-state index in [4.69, 9.17) is 9.84 Å². The number of aliphatic carboxylic acids is 1. The molecule has 0 aliphatic heterocycles. The first-order valence-electron chi connectivity index (χ1n) is 5.47. The fraction of sp³-hybridized carbons (Fsp3) is 0.231. The molecule has 0 aromatic heterocycles. The van der Waals surface area contributed by atoms with E-state index in [1.165, 1.54) is 0 Å². The van der Waals surface area contributed by atoms with Gasteiger partial charge in [0.15, 0.2) is 6.61 Å². The van der Waals surface area contributed by atoms with E-state index in [0.717, 1.165) is 0 Å². The van der Waals surface area contributed by atoms with E-state index in [1.807, 2.05) is 0 Å². The molecule has 0 heterocycles. The van der Waals surface area contributed by atoms with Crippen LogP contribution in [0.3, 0.4) is 0 Å². The highest BCUT2D eigenvalue weighted by atomic mass is 16.5. The number of nitrogens with one attached hydrogen (secondary N) is 1. The maximum absolute atomic E-state index is 11.5. The van der Waals surface area contributed by atoms with Crippen LogP contribution < -0.4 is 10.1 Å². The molecule has 1 rings (SSSR count). The number of hydrogen-bond acceptors (Lipinski definition) is 3. The Morgan fingerprint density at radius 2 is 2.22 bits per heavy atom. The summed E-state index contributed by atoms with van der Waals surface area (Å²) in [5.74, 6) is -0.764. The largest absolute Gasteiger partial charge is 0.482 e. The third-order valence-electron chi connectivity index (χ3n) is 2.06. The molecular weight excluding hydrogens is 234 g/mol. The van der Waals surface area contributed by atoms with Crippen LogP contribution >= 0.6 is 0 Å². The molecule has 2 N–H and O–H groups in total. The van der Waals surface area contributed by atoms with Crippen LogP contribution in [0.2, 0.25) is 0 Å². The number of anilines is 1. The predicted octanol–water partition coefficient (Wildman–Crippen LogP) is 2.05. The number of ether oxygens (including phenoxy) is 1. The van der Waals surface area contributed by atoms with Gasteiger partial charge in [0.2, 0.25) is 5.91 Å². The van der Waals surface area contributed by atoms with Gasteiger partial charge in [-0.2, -0.15) is 0 Å². The zero-order valence-electron chi connectivity index (χ0n) is 9.89. The second-order valence-corrected chi connectivity index (χ2v) is 3.59. The maximum atomic E-state index is 11.5. The van der Waals surface area contributed by atoms with Crippen LogP contribution in [0.5, 0.6) is 5.75 Å². The Bertz CT molecular complexity index is 442. The topological polar surface area (TPSA) is 75.6 Å². The lowest BCUT2D eigenvalue weighted by Gasteiger charge is -2.07. The summed E-state index contributed by atoms with van der Waals surface area (Å²) < 4.78 is 5.00. The van der Waals surface area contributed by atoms with E-state index in [9.17, 15) is 9.59 Å². The van der Waals surface area contributed by atoms with Crippen molar-refractivity contribution in [3.63, 3.8) is 0 Å². The molecule has 0 radical (unpaired) electrons. The Kier molecular flexibility index (Phi) is 5.44. The van der Waals surface area contributed by atoms with E-state index in [0.29, 0.717) is 24.3 Å². The van der Waals surface area contributed by atoms with Crippen molar-refractivity contribution in [1.82, 2.24) is 0 Å². The number of benzene rings is 1. The summed E-state index contributed by atoms with van der Waals surface area (Å²) in [6.45, 7) is 3.13. The van der Waals surface area contributed by atoms with Crippen molar-refractivity contribution in [2.45, 2.75) is 12.8 Å². The first-order chi connectivity index (χ1) is 8.61. The molecule has 1 aromatic carbocycles. The minimum atomic E-state index is -1.05. The summed E-state index contributed by atoms with van der Waals surface area (Å²) in [4.78, 5) is 21.8. The molecule has 0 atom stereocenters. The molecule has 1 aromatic rings. The molecule has 0 aliphatic rings.